The molecule has 0 aliphatic rings. The summed E-state index contributed by atoms with van der Waals surface area (Å²) >= 11 is 12.1. The van der Waals surface area contributed by atoms with E-state index >= 15 is 0 Å². The zero-order valence-electron chi connectivity index (χ0n) is 11.1. The van der Waals surface area contributed by atoms with E-state index in [9.17, 15) is 9.18 Å². The topological polar surface area (TPSA) is 38.3 Å². The average Bonchev–Trinajstić information content (AvgIpc) is 2.49. The highest BCUT2D eigenvalue weighted by Gasteiger charge is 2.24. The van der Waals surface area contributed by atoms with Crippen molar-refractivity contribution in [3.63, 3.8) is 0 Å². The predicted octanol–water partition coefficient (Wildman–Crippen LogP) is 4.46. The summed E-state index contributed by atoms with van der Waals surface area (Å²) in [5.41, 5.74) is 1.04. The van der Waals surface area contributed by atoms with E-state index in [1.54, 1.807) is 18.2 Å². The van der Waals surface area contributed by atoms with Crippen LogP contribution in [0.2, 0.25) is 10.0 Å². The van der Waals surface area contributed by atoms with Crippen molar-refractivity contribution in [2.24, 2.45) is 0 Å². The van der Waals surface area contributed by atoms with Crippen LogP contribution in [0.5, 0.6) is 0 Å². The van der Waals surface area contributed by atoms with Gasteiger partial charge in [-0.1, -0.05) is 35.3 Å². The highest BCUT2D eigenvalue weighted by atomic mass is 35.5. The molecule has 0 fully saturated rings. The summed E-state index contributed by atoms with van der Waals surface area (Å²) in [5.74, 6) is -0.889. The van der Waals surface area contributed by atoms with E-state index in [4.69, 9.17) is 27.9 Å². The fraction of sp³-hybridized carbons (Fsp3) is 0.133. The van der Waals surface area contributed by atoms with Crippen LogP contribution in [-0.2, 0) is 9.53 Å². The minimum Gasteiger partial charge on any atom is -0.467 e. The molecule has 21 heavy (non-hydrogen) atoms. The van der Waals surface area contributed by atoms with E-state index in [0.717, 1.165) is 0 Å². The van der Waals surface area contributed by atoms with Crippen LogP contribution in [0.4, 0.5) is 10.1 Å². The quantitative estimate of drug-likeness (QED) is 0.842. The van der Waals surface area contributed by atoms with Crippen molar-refractivity contribution < 1.29 is 13.9 Å². The number of carbonyl (C=O) groups is 1. The van der Waals surface area contributed by atoms with Gasteiger partial charge < -0.3 is 10.1 Å². The SMILES string of the molecule is COC(=O)C(Nc1ccc(F)cc1)c1cccc(Cl)c1Cl. The number of anilines is 1. The molecule has 2 aromatic rings. The molecule has 1 unspecified atom stereocenters. The third kappa shape index (κ3) is 3.65. The van der Waals surface area contributed by atoms with Crippen molar-refractivity contribution in [2.45, 2.75) is 6.04 Å². The fourth-order valence-electron chi connectivity index (χ4n) is 1.84. The Balaban J connectivity index is 2.37. The number of rotatable bonds is 4. The molecule has 6 heteroatoms. The van der Waals surface area contributed by atoms with Crippen molar-refractivity contribution in [3.8, 4) is 0 Å². The second-order valence-electron chi connectivity index (χ2n) is 4.25. The molecule has 0 saturated heterocycles. The maximum absolute atomic E-state index is 12.9. The molecular formula is C15H12Cl2FNO2. The first-order chi connectivity index (χ1) is 10.0. The first-order valence-electron chi connectivity index (χ1n) is 6.06. The maximum atomic E-state index is 12.9. The van der Waals surface area contributed by atoms with Crippen molar-refractivity contribution in [2.75, 3.05) is 12.4 Å². The summed E-state index contributed by atoms with van der Waals surface area (Å²) in [6.07, 6.45) is 0. The van der Waals surface area contributed by atoms with Crippen molar-refractivity contribution in [1.29, 1.82) is 0 Å². The van der Waals surface area contributed by atoms with Gasteiger partial charge in [-0.2, -0.15) is 0 Å². The molecule has 0 aliphatic carbocycles. The van der Waals surface area contributed by atoms with Crippen LogP contribution >= 0.6 is 23.2 Å². The Morgan fingerprint density at radius 1 is 1.19 bits per heavy atom. The number of hydrogen-bond donors (Lipinski definition) is 1. The normalized spacial score (nSPS) is 11.8. The van der Waals surface area contributed by atoms with Gasteiger partial charge in [-0.15, -0.1) is 0 Å². The molecule has 3 nitrogen and oxygen atoms in total. The minimum atomic E-state index is -0.841. The number of nitrogens with one attached hydrogen (secondary N) is 1. The average molecular weight is 328 g/mol. The van der Waals surface area contributed by atoms with Crippen LogP contribution in [0.1, 0.15) is 11.6 Å². The summed E-state index contributed by atoms with van der Waals surface area (Å²) in [7, 11) is 1.28. The van der Waals surface area contributed by atoms with E-state index in [-0.39, 0.29) is 10.8 Å². The highest BCUT2D eigenvalue weighted by molar-refractivity contribution is 6.42. The van der Waals surface area contributed by atoms with Crippen molar-refractivity contribution in [3.05, 3.63) is 63.9 Å². The highest BCUT2D eigenvalue weighted by Crippen LogP contribution is 2.32. The predicted molar refractivity (Wildman–Crippen MR) is 81.2 cm³/mol. The summed E-state index contributed by atoms with van der Waals surface area (Å²) in [6.45, 7) is 0. The van der Waals surface area contributed by atoms with E-state index < -0.39 is 12.0 Å². The van der Waals surface area contributed by atoms with Crippen LogP contribution in [-0.4, -0.2) is 13.1 Å². The van der Waals surface area contributed by atoms with E-state index in [2.05, 4.69) is 5.32 Å². The van der Waals surface area contributed by atoms with E-state index in [1.807, 2.05) is 0 Å². The molecule has 0 bridgehead atoms. The molecule has 0 aromatic heterocycles. The molecule has 0 amide bonds. The minimum absolute atomic E-state index is 0.268. The summed E-state index contributed by atoms with van der Waals surface area (Å²) in [4.78, 5) is 12.0. The molecule has 0 spiro atoms. The Morgan fingerprint density at radius 3 is 2.48 bits per heavy atom. The van der Waals surface area contributed by atoms with Crippen LogP contribution < -0.4 is 5.32 Å². The third-order valence-corrected chi connectivity index (χ3v) is 3.72. The molecule has 0 aliphatic heterocycles. The lowest BCUT2D eigenvalue weighted by molar-refractivity contribution is -0.141. The molecular weight excluding hydrogens is 316 g/mol. The van der Waals surface area contributed by atoms with Crippen molar-refractivity contribution >= 4 is 34.9 Å². The molecule has 1 N–H and O–H groups in total. The van der Waals surface area contributed by atoms with E-state index in [1.165, 1.54) is 31.4 Å². The Morgan fingerprint density at radius 2 is 1.86 bits per heavy atom. The summed E-state index contributed by atoms with van der Waals surface area (Å²) < 4.78 is 17.7. The van der Waals surface area contributed by atoms with Gasteiger partial charge in [0, 0.05) is 11.3 Å². The molecule has 0 heterocycles. The van der Waals surface area contributed by atoms with Gasteiger partial charge in [-0.25, -0.2) is 9.18 Å². The second kappa shape index (κ2) is 6.78. The number of esters is 1. The molecule has 110 valence electrons. The van der Waals surface area contributed by atoms with Crippen molar-refractivity contribution in [1.82, 2.24) is 0 Å². The van der Waals surface area contributed by atoms with Gasteiger partial charge in [0.05, 0.1) is 17.2 Å². The fourth-order valence-corrected chi connectivity index (χ4v) is 2.25. The van der Waals surface area contributed by atoms with Crippen LogP contribution in [0.3, 0.4) is 0 Å². The van der Waals surface area contributed by atoms with Gasteiger partial charge in [0.1, 0.15) is 5.82 Å². The number of halogens is 3. The number of hydrogen-bond acceptors (Lipinski definition) is 3. The Labute approximate surface area is 131 Å². The lowest BCUT2D eigenvalue weighted by Gasteiger charge is -2.19. The number of benzene rings is 2. The number of methoxy groups -OCH3 is 1. The standard InChI is InChI=1S/C15H12Cl2FNO2/c1-21-15(20)14(11-3-2-4-12(16)13(11)17)19-10-7-5-9(18)6-8-10/h2-8,14,19H,1H3. The zero-order valence-corrected chi connectivity index (χ0v) is 12.6. The lowest BCUT2D eigenvalue weighted by atomic mass is 10.1. The largest absolute Gasteiger partial charge is 0.467 e. The van der Waals surface area contributed by atoms with Crippen LogP contribution in [0.25, 0.3) is 0 Å². The second-order valence-corrected chi connectivity index (χ2v) is 5.04. The third-order valence-electron chi connectivity index (χ3n) is 2.88. The van der Waals surface area contributed by atoms with Gasteiger partial charge in [-0.3, -0.25) is 0 Å². The Hall–Kier alpha value is -1.78. The molecule has 1 atom stereocenters. The van der Waals surface area contributed by atoms with E-state index in [0.29, 0.717) is 16.3 Å². The monoisotopic (exact) mass is 327 g/mol. The first kappa shape index (κ1) is 15.6. The van der Waals surface area contributed by atoms with Crippen LogP contribution in [0, 0.1) is 5.82 Å². The molecule has 0 radical (unpaired) electrons. The van der Waals surface area contributed by atoms with Crippen LogP contribution in [0.15, 0.2) is 42.5 Å². The summed E-state index contributed by atoms with van der Waals surface area (Å²) in [5, 5.41) is 3.56. The number of ether oxygens (including phenoxy) is 1. The first-order valence-corrected chi connectivity index (χ1v) is 6.82. The van der Waals surface area contributed by atoms with Gasteiger partial charge >= 0.3 is 5.97 Å². The smallest absolute Gasteiger partial charge is 0.333 e. The molecule has 2 aromatic carbocycles. The zero-order chi connectivity index (χ0) is 15.4. The van der Waals surface area contributed by atoms with Gasteiger partial charge in [0.2, 0.25) is 0 Å². The molecule has 2 rings (SSSR count). The maximum Gasteiger partial charge on any atom is 0.333 e. The number of carbonyl (C=O) groups excluding carboxylic acids is 1. The van der Waals surface area contributed by atoms with Gasteiger partial charge in [0.25, 0.3) is 0 Å². The Bertz CT molecular complexity index is 647. The summed E-state index contributed by atoms with van der Waals surface area (Å²) in [6, 6.07) is 9.75. The molecule has 0 saturated carbocycles. The Kier molecular flexibility index (Phi) is 5.04. The lowest BCUT2D eigenvalue weighted by Crippen LogP contribution is -2.22. The van der Waals surface area contributed by atoms with Gasteiger partial charge in [-0.05, 0) is 30.3 Å². The van der Waals surface area contributed by atoms with Gasteiger partial charge in [0.15, 0.2) is 6.04 Å².